The van der Waals surface area contributed by atoms with Crippen molar-refractivity contribution in [2.75, 3.05) is 12.4 Å². The van der Waals surface area contributed by atoms with Gasteiger partial charge in [-0.15, -0.1) is 0 Å². The van der Waals surface area contributed by atoms with Crippen LogP contribution in [0.25, 0.3) is 0 Å². The third-order valence-electron chi connectivity index (χ3n) is 4.59. The molecule has 2 aromatic rings. The summed E-state index contributed by atoms with van der Waals surface area (Å²) in [7, 11) is -7.16. The molecule has 156 valence electrons. The van der Waals surface area contributed by atoms with Crippen molar-refractivity contribution < 1.29 is 21.9 Å². The van der Waals surface area contributed by atoms with Crippen LogP contribution in [0.1, 0.15) is 19.3 Å². The molecule has 2 rings (SSSR count). The van der Waals surface area contributed by atoms with E-state index in [-0.39, 0.29) is 41.4 Å². The van der Waals surface area contributed by atoms with Crippen LogP contribution in [0, 0.1) is 0 Å². The summed E-state index contributed by atoms with van der Waals surface area (Å²) >= 11 is 0. The lowest BCUT2D eigenvalue weighted by atomic mass is 10.0. The predicted molar refractivity (Wildman–Crippen MR) is 115 cm³/mol. The third-order valence-corrected chi connectivity index (χ3v) is 8.47. The highest BCUT2D eigenvalue weighted by Crippen LogP contribution is 2.27. The molecule has 1 N–H and O–H groups in total. The third kappa shape index (κ3) is 6.39. The minimum atomic E-state index is -3.69. The molecule has 1 atom stereocenters. The first-order valence-corrected chi connectivity index (χ1v) is 12.4. The minimum absolute atomic E-state index is 0.0815. The maximum absolute atomic E-state index is 13.1. The number of aliphatic hydroxyl groups is 1. The van der Waals surface area contributed by atoms with Crippen LogP contribution in [0.4, 0.5) is 0 Å². The zero-order valence-electron chi connectivity index (χ0n) is 16.2. The van der Waals surface area contributed by atoms with Gasteiger partial charge < -0.3 is 5.11 Å². The average Bonchev–Trinajstić information content (AvgIpc) is 2.73. The molecular formula is C22H26O5S2. The molecule has 0 heterocycles. The largest absolute Gasteiger partial charge is 0.392 e. The number of hydrogen-bond donors (Lipinski definition) is 1. The van der Waals surface area contributed by atoms with E-state index < -0.39 is 24.9 Å². The Kier molecular flexibility index (Phi) is 7.96. The van der Waals surface area contributed by atoms with Crippen LogP contribution in [-0.4, -0.2) is 39.6 Å². The van der Waals surface area contributed by atoms with Gasteiger partial charge in [-0.2, -0.15) is 0 Å². The number of hydrogen-bond acceptors (Lipinski definition) is 5. The van der Waals surface area contributed by atoms with Gasteiger partial charge in [-0.05, 0) is 43.5 Å². The summed E-state index contributed by atoms with van der Waals surface area (Å²) in [6.07, 6.45) is 0.336. The quantitative estimate of drug-likeness (QED) is 0.546. The van der Waals surface area contributed by atoms with Gasteiger partial charge in [0.05, 0.1) is 27.4 Å². The summed E-state index contributed by atoms with van der Waals surface area (Å²) in [6.45, 7) is 7.31. The van der Waals surface area contributed by atoms with Crippen molar-refractivity contribution >= 4 is 19.7 Å². The minimum Gasteiger partial charge on any atom is -0.392 e. The van der Waals surface area contributed by atoms with Crippen molar-refractivity contribution in [2.24, 2.45) is 0 Å². The van der Waals surface area contributed by atoms with Crippen molar-refractivity contribution in [3.05, 3.63) is 85.0 Å². The van der Waals surface area contributed by atoms with Crippen LogP contribution >= 0.6 is 0 Å². The molecule has 29 heavy (non-hydrogen) atoms. The van der Waals surface area contributed by atoms with Gasteiger partial charge in [0.1, 0.15) is 0 Å². The van der Waals surface area contributed by atoms with E-state index in [1.165, 1.54) is 24.3 Å². The van der Waals surface area contributed by atoms with E-state index in [4.69, 9.17) is 0 Å². The van der Waals surface area contributed by atoms with Gasteiger partial charge in [-0.25, -0.2) is 16.8 Å². The second-order valence-corrected chi connectivity index (χ2v) is 11.3. The van der Waals surface area contributed by atoms with E-state index in [2.05, 4.69) is 13.2 Å². The summed E-state index contributed by atoms with van der Waals surface area (Å²) < 4.78 is 51.0. The summed E-state index contributed by atoms with van der Waals surface area (Å²) in [4.78, 5) is 0.412. The topological polar surface area (TPSA) is 88.5 Å². The highest BCUT2D eigenvalue weighted by molar-refractivity contribution is 7.92. The first-order valence-electron chi connectivity index (χ1n) is 9.17. The molecule has 2 aromatic carbocycles. The van der Waals surface area contributed by atoms with Crippen LogP contribution in [0.3, 0.4) is 0 Å². The summed E-state index contributed by atoms with van der Waals surface area (Å²) in [5, 5.41) is 8.43. The standard InChI is InChI=1S/C22H26O5S2/c1-18(13-14-28(24,25)20-9-5-3-6-10-20)15-22(16-19(2)17-23)29(26,27)21-11-7-4-8-12-21/h3-12,22-23H,1-2,13-17H2. The number of benzene rings is 2. The van der Waals surface area contributed by atoms with Gasteiger partial charge in [0.25, 0.3) is 0 Å². The molecule has 0 aliphatic carbocycles. The molecule has 5 nitrogen and oxygen atoms in total. The molecule has 7 heteroatoms. The monoisotopic (exact) mass is 434 g/mol. The highest BCUT2D eigenvalue weighted by Gasteiger charge is 2.28. The van der Waals surface area contributed by atoms with Crippen molar-refractivity contribution in [2.45, 2.75) is 34.3 Å². The summed E-state index contributed by atoms with van der Waals surface area (Å²) in [5.41, 5.74) is 0.930. The second kappa shape index (κ2) is 10.0. The molecular weight excluding hydrogens is 408 g/mol. The average molecular weight is 435 g/mol. The van der Waals surface area contributed by atoms with Gasteiger partial charge in [0, 0.05) is 0 Å². The molecule has 0 aliphatic rings. The Bertz CT molecular complexity index is 1040. The molecule has 0 aromatic heterocycles. The summed E-state index contributed by atoms with van der Waals surface area (Å²) in [6, 6.07) is 16.2. The van der Waals surface area contributed by atoms with E-state index in [0.717, 1.165) is 0 Å². The normalized spacial score (nSPS) is 13.0. The van der Waals surface area contributed by atoms with E-state index in [9.17, 15) is 21.9 Å². The van der Waals surface area contributed by atoms with Crippen LogP contribution < -0.4 is 0 Å². The maximum atomic E-state index is 13.1. The maximum Gasteiger partial charge on any atom is 0.181 e. The van der Waals surface area contributed by atoms with Crippen molar-refractivity contribution in [1.29, 1.82) is 0 Å². The fourth-order valence-corrected chi connectivity index (χ4v) is 6.13. The first-order chi connectivity index (χ1) is 13.7. The molecule has 0 saturated heterocycles. The predicted octanol–water partition coefficient (Wildman–Crippen LogP) is 3.58. The number of sulfone groups is 2. The summed E-state index contributed by atoms with van der Waals surface area (Å²) in [5.74, 6) is -0.144. The number of aliphatic hydroxyl groups excluding tert-OH is 1. The van der Waals surface area contributed by atoms with Crippen molar-refractivity contribution in [3.8, 4) is 0 Å². The van der Waals surface area contributed by atoms with Crippen molar-refractivity contribution in [3.63, 3.8) is 0 Å². The molecule has 0 fully saturated rings. The second-order valence-electron chi connectivity index (χ2n) is 6.93. The van der Waals surface area contributed by atoms with Crippen LogP contribution in [0.2, 0.25) is 0 Å². The zero-order chi connectivity index (χ0) is 21.5. The molecule has 0 bridgehead atoms. The SMILES string of the molecule is C=C(CO)CC(CC(=C)CCS(=O)(=O)c1ccccc1)S(=O)(=O)c1ccccc1. The Morgan fingerprint density at radius 3 is 1.79 bits per heavy atom. The molecule has 1 unspecified atom stereocenters. The highest BCUT2D eigenvalue weighted by atomic mass is 32.2. The van der Waals surface area contributed by atoms with Crippen molar-refractivity contribution in [1.82, 2.24) is 0 Å². The molecule has 0 radical (unpaired) electrons. The van der Waals surface area contributed by atoms with Crippen LogP contribution in [0.15, 0.2) is 94.8 Å². The lowest BCUT2D eigenvalue weighted by molar-refractivity contribution is 0.326. The zero-order valence-corrected chi connectivity index (χ0v) is 17.8. The Hall–Kier alpha value is -2.22. The lowest BCUT2D eigenvalue weighted by Gasteiger charge is -2.20. The molecule has 0 aliphatic heterocycles. The Morgan fingerprint density at radius 2 is 1.28 bits per heavy atom. The Balaban J connectivity index is 2.14. The molecule has 0 amide bonds. The van der Waals surface area contributed by atoms with E-state index >= 15 is 0 Å². The van der Waals surface area contributed by atoms with E-state index in [1.807, 2.05) is 0 Å². The number of rotatable bonds is 11. The first kappa shape index (κ1) is 23.1. The Morgan fingerprint density at radius 1 is 0.793 bits per heavy atom. The van der Waals surface area contributed by atoms with Gasteiger partial charge >= 0.3 is 0 Å². The smallest absolute Gasteiger partial charge is 0.181 e. The van der Waals surface area contributed by atoms with Gasteiger partial charge in [-0.1, -0.05) is 60.7 Å². The van der Waals surface area contributed by atoms with E-state index in [0.29, 0.717) is 11.1 Å². The Labute approximate surface area is 173 Å². The van der Waals surface area contributed by atoms with E-state index in [1.54, 1.807) is 36.4 Å². The lowest BCUT2D eigenvalue weighted by Crippen LogP contribution is -2.24. The van der Waals surface area contributed by atoms with Crippen LogP contribution in [0.5, 0.6) is 0 Å². The van der Waals surface area contributed by atoms with Gasteiger partial charge in [-0.3, -0.25) is 0 Å². The van der Waals surface area contributed by atoms with Gasteiger partial charge in [0.15, 0.2) is 19.7 Å². The number of allylic oxidation sites excluding steroid dienone is 1. The molecule has 0 saturated carbocycles. The van der Waals surface area contributed by atoms with Gasteiger partial charge in [0.2, 0.25) is 0 Å². The fourth-order valence-electron chi connectivity index (χ4n) is 2.93. The van der Waals surface area contributed by atoms with Crippen LogP contribution in [-0.2, 0) is 19.7 Å². The fraction of sp³-hybridized carbons (Fsp3) is 0.273. The molecule has 0 spiro atoms.